The van der Waals surface area contributed by atoms with Crippen molar-refractivity contribution in [3.05, 3.63) is 5.28 Å². The molecule has 0 bridgehead atoms. The van der Waals surface area contributed by atoms with Crippen LogP contribution in [0.15, 0.2) is 0 Å². The van der Waals surface area contributed by atoms with Crippen molar-refractivity contribution in [3.8, 4) is 0 Å². The molecule has 0 fully saturated rings. The third kappa shape index (κ3) is 6.16. The van der Waals surface area contributed by atoms with E-state index in [-0.39, 0.29) is 11.2 Å². The number of methoxy groups -OCH3 is 1. The van der Waals surface area contributed by atoms with Crippen LogP contribution >= 0.6 is 11.6 Å². The number of nitrogens with zero attached hydrogens (tertiary/aromatic N) is 3. The molecule has 0 radical (unpaired) electrons. The van der Waals surface area contributed by atoms with Gasteiger partial charge in [-0.3, -0.25) is 4.79 Å². The van der Waals surface area contributed by atoms with Crippen LogP contribution in [0, 0.1) is 0 Å². The Morgan fingerprint density at radius 1 is 1.26 bits per heavy atom. The van der Waals surface area contributed by atoms with Gasteiger partial charge in [-0.15, -0.1) is 0 Å². The number of aromatic nitrogens is 3. The molecule has 0 aliphatic carbocycles. The molecule has 1 aromatic rings. The van der Waals surface area contributed by atoms with Crippen LogP contribution in [-0.2, 0) is 9.53 Å². The molecule has 0 aliphatic rings. The first-order chi connectivity index (χ1) is 9.15. The fourth-order valence-corrected chi connectivity index (χ4v) is 1.37. The van der Waals surface area contributed by atoms with Crippen molar-refractivity contribution in [2.45, 2.75) is 6.42 Å². The Morgan fingerprint density at radius 3 is 2.68 bits per heavy atom. The summed E-state index contributed by atoms with van der Waals surface area (Å²) in [6, 6.07) is 0. The maximum absolute atomic E-state index is 11.4. The van der Waals surface area contributed by atoms with E-state index in [9.17, 15) is 4.79 Å². The Bertz CT molecular complexity index is 417. The molecule has 0 aliphatic heterocycles. The Kier molecular flexibility index (Phi) is 6.83. The number of amides is 1. The molecular formula is C10H17ClN6O2. The van der Waals surface area contributed by atoms with Gasteiger partial charge < -0.3 is 20.7 Å². The molecule has 3 N–H and O–H groups in total. The van der Waals surface area contributed by atoms with Crippen LogP contribution in [0.3, 0.4) is 0 Å². The standard InChI is InChI=1S/C10H17ClN6O2/c1-12-9-15-8(11)16-10(17-9)14-4-3-7(18)13-5-6-19-2/h3-6H2,1-2H3,(H,13,18)(H2,12,14,15,16,17). The molecule has 1 amide bonds. The molecule has 0 aromatic carbocycles. The average molecular weight is 289 g/mol. The molecule has 1 rings (SSSR count). The minimum Gasteiger partial charge on any atom is -0.383 e. The van der Waals surface area contributed by atoms with Crippen molar-refractivity contribution in [3.63, 3.8) is 0 Å². The second-order valence-corrected chi connectivity index (χ2v) is 3.86. The van der Waals surface area contributed by atoms with Crippen molar-refractivity contribution in [2.24, 2.45) is 0 Å². The Balaban J connectivity index is 2.32. The van der Waals surface area contributed by atoms with E-state index >= 15 is 0 Å². The van der Waals surface area contributed by atoms with E-state index in [1.165, 1.54) is 0 Å². The first-order valence-electron chi connectivity index (χ1n) is 5.74. The fraction of sp³-hybridized carbons (Fsp3) is 0.600. The second-order valence-electron chi connectivity index (χ2n) is 3.52. The summed E-state index contributed by atoms with van der Waals surface area (Å²) < 4.78 is 4.83. The molecule has 0 atom stereocenters. The minimum atomic E-state index is -0.0708. The molecule has 106 valence electrons. The number of carbonyl (C=O) groups excluding carboxylic acids is 1. The third-order valence-electron chi connectivity index (χ3n) is 2.10. The maximum Gasteiger partial charge on any atom is 0.228 e. The quantitative estimate of drug-likeness (QED) is 0.585. The third-order valence-corrected chi connectivity index (χ3v) is 2.26. The molecule has 9 heteroatoms. The van der Waals surface area contributed by atoms with Crippen molar-refractivity contribution in [1.82, 2.24) is 20.3 Å². The van der Waals surface area contributed by atoms with E-state index in [0.717, 1.165) is 0 Å². The molecule has 8 nitrogen and oxygen atoms in total. The van der Waals surface area contributed by atoms with Crippen molar-refractivity contribution < 1.29 is 9.53 Å². The van der Waals surface area contributed by atoms with Gasteiger partial charge >= 0.3 is 0 Å². The lowest BCUT2D eigenvalue weighted by Gasteiger charge is -2.07. The van der Waals surface area contributed by atoms with E-state index < -0.39 is 0 Å². The zero-order valence-electron chi connectivity index (χ0n) is 10.9. The van der Waals surface area contributed by atoms with Gasteiger partial charge in [0, 0.05) is 33.7 Å². The molecule has 0 saturated carbocycles. The number of nitrogens with one attached hydrogen (secondary N) is 3. The lowest BCUT2D eigenvalue weighted by molar-refractivity contribution is -0.121. The summed E-state index contributed by atoms with van der Waals surface area (Å²) in [6.07, 6.45) is 0.307. The SMILES string of the molecule is CNc1nc(Cl)nc(NCCC(=O)NCCOC)n1. The molecule has 0 saturated heterocycles. The summed E-state index contributed by atoms with van der Waals surface area (Å²) >= 11 is 5.72. The summed E-state index contributed by atoms with van der Waals surface area (Å²) in [5.41, 5.74) is 0. The molecule has 19 heavy (non-hydrogen) atoms. The van der Waals surface area contributed by atoms with Crippen LogP contribution in [0.25, 0.3) is 0 Å². The lowest BCUT2D eigenvalue weighted by atomic mass is 10.4. The van der Waals surface area contributed by atoms with Crippen LogP contribution in [0.1, 0.15) is 6.42 Å². The Morgan fingerprint density at radius 2 is 2.00 bits per heavy atom. The van der Waals surface area contributed by atoms with Gasteiger partial charge in [0.25, 0.3) is 0 Å². The van der Waals surface area contributed by atoms with Gasteiger partial charge in [-0.05, 0) is 11.6 Å². The zero-order chi connectivity index (χ0) is 14.1. The van der Waals surface area contributed by atoms with Gasteiger partial charge in [0.1, 0.15) is 0 Å². The van der Waals surface area contributed by atoms with E-state index in [0.29, 0.717) is 38.0 Å². The van der Waals surface area contributed by atoms with Crippen molar-refractivity contribution >= 4 is 29.4 Å². The normalized spacial score (nSPS) is 10.1. The monoisotopic (exact) mass is 288 g/mol. The van der Waals surface area contributed by atoms with E-state index in [1.807, 2.05) is 0 Å². The van der Waals surface area contributed by atoms with Gasteiger partial charge in [-0.25, -0.2) is 0 Å². The van der Waals surface area contributed by atoms with E-state index in [4.69, 9.17) is 16.3 Å². The topological polar surface area (TPSA) is 101 Å². The summed E-state index contributed by atoms with van der Waals surface area (Å²) in [7, 11) is 3.26. The Hall–Kier alpha value is -1.67. The van der Waals surface area contributed by atoms with Crippen molar-refractivity contribution in [2.75, 3.05) is 44.5 Å². The summed E-state index contributed by atoms with van der Waals surface area (Å²) in [5.74, 6) is 0.625. The first kappa shape index (κ1) is 15.4. The maximum atomic E-state index is 11.4. The number of halogens is 1. The highest BCUT2D eigenvalue weighted by molar-refractivity contribution is 6.28. The number of hydrogen-bond donors (Lipinski definition) is 3. The summed E-state index contributed by atoms with van der Waals surface area (Å²) in [4.78, 5) is 23.2. The molecular weight excluding hydrogens is 272 g/mol. The minimum absolute atomic E-state index is 0.0708. The first-order valence-corrected chi connectivity index (χ1v) is 6.12. The number of ether oxygens (including phenoxy) is 1. The van der Waals surface area contributed by atoms with Crippen LogP contribution in [0.2, 0.25) is 5.28 Å². The highest BCUT2D eigenvalue weighted by atomic mass is 35.5. The second kappa shape index (κ2) is 8.44. The van der Waals surface area contributed by atoms with Gasteiger partial charge in [0.2, 0.25) is 23.1 Å². The molecule has 0 unspecified atom stereocenters. The largest absolute Gasteiger partial charge is 0.383 e. The zero-order valence-corrected chi connectivity index (χ0v) is 11.6. The van der Waals surface area contributed by atoms with Gasteiger partial charge in [0.15, 0.2) is 0 Å². The van der Waals surface area contributed by atoms with Crippen molar-refractivity contribution in [1.29, 1.82) is 0 Å². The summed E-state index contributed by atoms with van der Waals surface area (Å²) in [5, 5.41) is 8.46. The van der Waals surface area contributed by atoms with Crippen LogP contribution in [-0.4, -0.2) is 54.7 Å². The van der Waals surface area contributed by atoms with E-state index in [2.05, 4.69) is 30.9 Å². The predicted octanol–water partition coefficient (Wildman–Crippen LogP) is 0.131. The number of rotatable bonds is 8. The van der Waals surface area contributed by atoms with Gasteiger partial charge in [0.05, 0.1) is 6.61 Å². The number of anilines is 2. The smallest absolute Gasteiger partial charge is 0.228 e. The number of carbonyl (C=O) groups is 1. The Labute approximate surface area is 116 Å². The average Bonchev–Trinajstić information content (AvgIpc) is 2.38. The summed E-state index contributed by atoms with van der Waals surface area (Å²) in [6.45, 7) is 1.40. The van der Waals surface area contributed by atoms with Gasteiger partial charge in [-0.2, -0.15) is 15.0 Å². The fourth-order valence-electron chi connectivity index (χ4n) is 1.21. The highest BCUT2D eigenvalue weighted by Gasteiger charge is 2.04. The van der Waals surface area contributed by atoms with E-state index in [1.54, 1.807) is 14.2 Å². The highest BCUT2D eigenvalue weighted by Crippen LogP contribution is 2.08. The van der Waals surface area contributed by atoms with Crippen LogP contribution in [0.4, 0.5) is 11.9 Å². The molecule has 1 heterocycles. The van der Waals surface area contributed by atoms with Gasteiger partial charge in [-0.1, -0.05) is 0 Å². The van der Waals surface area contributed by atoms with Crippen LogP contribution in [0.5, 0.6) is 0 Å². The number of hydrogen-bond acceptors (Lipinski definition) is 7. The van der Waals surface area contributed by atoms with Crippen LogP contribution < -0.4 is 16.0 Å². The molecule has 1 aromatic heterocycles. The molecule has 0 spiro atoms. The predicted molar refractivity (Wildman–Crippen MR) is 72.4 cm³/mol. The lowest BCUT2D eigenvalue weighted by Crippen LogP contribution is -2.28.